The Labute approximate surface area is 137 Å². The highest BCUT2D eigenvalue weighted by atomic mass is 16.5. The lowest BCUT2D eigenvalue weighted by Gasteiger charge is -2.13. The Morgan fingerprint density at radius 1 is 1.13 bits per heavy atom. The third-order valence-electron chi connectivity index (χ3n) is 3.41. The van der Waals surface area contributed by atoms with Gasteiger partial charge < -0.3 is 15.2 Å². The van der Waals surface area contributed by atoms with E-state index in [-0.39, 0.29) is 19.1 Å². The Morgan fingerprint density at radius 3 is 2.52 bits per heavy atom. The molecule has 0 bridgehead atoms. The van der Waals surface area contributed by atoms with E-state index in [1.165, 1.54) is 0 Å². The van der Waals surface area contributed by atoms with Crippen LogP contribution in [0.15, 0.2) is 48.5 Å². The zero-order valence-electron chi connectivity index (χ0n) is 13.6. The number of hydrogen-bond acceptors (Lipinski definition) is 3. The number of benzene rings is 2. The van der Waals surface area contributed by atoms with Crippen molar-refractivity contribution in [2.75, 3.05) is 13.2 Å². The zero-order valence-corrected chi connectivity index (χ0v) is 13.6. The van der Waals surface area contributed by atoms with Gasteiger partial charge in [0.25, 0.3) is 0 Å². The summed E-state index contributed by atoms with van der Waals surface area (Å²) in [4.78, 5) is 11.9. The molecule has 1 unspecified atom stereocenters. The topological polar surface area (TPSA) is 58.6 Å². The van der Waals surface area contributed by atoms with Crippen LogP contribution in [0.25, 0.3) is 0 Å². The van der Waals surface area contributed by atoms with Gasteiger partial charge in [0.15, 0.2) is 0 Å². The number of carbonyl (C=O) groups excluding carboxylic acids is 1. The largest absolute Gasteiger partial charge is 0.491 e. The SMILES string of the molecule is Cc1cccc(CC(=O)NCC(O)COc2cccc(C)c2)c1. The second kappa shape index (κ2) is 8.34. The summed E-state index contributed by atoms with van der Waals surface area (Å²) in [6.07, 6.45) is -0.426. The molecule has 2 rings (SSSR count). The number of aryl methyl sites for hydroxylation is 2. The molecular formula is C19H23NO3. The fraction of sp³-hybridized carbons (Fsp3) is 0.316. The Morgan fingerprint density at radius 2 is 1.83 bits per heavy atom. The Balaban J connectivity index is 1.71. The van der Waals surface area contributed by atoms with Crippen molar-refractivity contribution < 1.29 is 14.6 Å². The van der Waals surface area contributed by atoms with Gasteiger partial charge >= 0.3 is 0 Å². The van der Waals surface area contributed by atoms with Crippen LogP contribution in [0.2, 0.25) is 0 Å². The van der Waals surface area contributed by atoms with E-state index in [1.54, 1.807) is 0 Å². The molecule has 2 aromatic carbocycles. The first-order valence-electron chi connectivity index (χ1n) is 7.73. The van der Waals surface area contributed by atoms with Crippen molar-refractivity contribution >= 4 is 5.91 Å². The number of hydrogen-bond donors (Lipinski definition) is 2. The molecule has 0 spiro atoms. The quantitative estimate of drug-likeness (QED) is 0.825. The predicted molar refractivity (Wildman–Crippen MR) is 90.6 cm³/mol. The summed E-state index contributed by atoms with van der Waals surface area (Å²) in [6, 6.07) is 15.5. The molecular weight excluding hydrogens is 290 g/mol. The maximum atomic E-state index is 11.9. The first-order chi connectivity index (χ1) is 11.0. The minimum atomic E-state index is -0.739. The van der Waals surface area contributed by atoms with Gasteiger partial charge in [-0.05, 0) is 37.1 Å². The van der Waals surface area contributed by atoms with Gasteiger partial charge in [-0.2, -0.15) is 0 Å². The molecule has 2 aromatic rings. The Kier molecular flexibility index (Phi) is 6.18. The number of carbonyl (C=O) groups is 1. The van der Waals surface area contributed by atoms with E-state index in [0.29, 0.717) is 6.42 Å². The van der Waals surface area contributed by atoms with Crippen molar-refractivity contribution in [2.45, 2.75) is 26.4 Å². The molecule has 2 N–H and O–H groups in total. The van der Waals surface area contributed by atoms with Crippen molar-refractivity contribution in [1.82, 2.24) is 5.32 Å². The van der Waals surface area contributed by atoms with Gasteiger partial charge in [0.1, 0.15) is 18.5 Å². The molecule has 122 valence electrons. The fourth-order valence-electron chi connectivity index (χ4n) is 2.26. The van der Waals surface area contributed by atoms with E-state index in [4.69, 9.17) is 4.74 Å². The van der Waals surface area contributed by atoms with Crippen molar-refractivity contribution in [3.63, 3.8) is 0 Å². The number of ether oxygens (including phenoxy) is 1. The third-order valence-corrected chi connectivity index (χ3v) is 3.41. The second-order valence-corrected chi connectivity index (χ2v) is 5.75. The van der Waals surface area contributed by atoms with Crippen LogP contribution in [0.5, 0.6) is 5.75 Å². The molecule has 0 aliphatic carbocycles. The van der Waals surface area contributed by atoms with Crippen LogP contribution >= 0.6 is 0 Å². The summed E-state index contributed by atoms with van der Waals surface area (Å²) in [7, 11) is 0. The number of rotatable bonds is 7. The highest BCUT2D eigenvalue weighted by Gasteiger charge is 2.09. The highest BCUT2D eigenvalue weighted by molar-refractivity contribution is 5.78. The molecule has 0 saturated carbocycles. The summed E-state index contributed by atoms with van der Waals surface area (Å²) in [5, 5.41) is 12.6. The zero-order chi connectivity index (χ0) is 16.7. The normalized spacial score (nSPS) is 11.8. The summed E-state index contributed by atoms with van der Waals surface area (Å²) < 4.78 is 5.51. The standard InChI is InChI=1S/C19H23NO3/c1-14-5-3-7-16(9-14)11-19(22)20-12-17(21)13-23-18-8-4-6-15(2)10-18/h3-10,17,21H,11-13H2,1-2H3,(H,20,22). The molecule has 0 aromatic heterocycles. The first-order valence-corrected chi connectivity index (χ1v) is 7.73. The van der Waals surface area contributed by atoms with Crippen molar-refractivity contribution in [3.05, 3.63) is 65.2 Å². The van der Waals surface area contributed by atoms with E-state index < -0.39 is 6.10 Å². The van der Waals surface area contributed by atoms with Gasteiger partial charge in [0.05, 0.1) is 6.42 Å². The molecule has 4 heteroatoms. The van der Waals surface area contributed by atoms with Crippen LogP contribution in [-0.2, 0) is 11.2 Å². The maximum absolute atomic E-state index is 11.9. The van der Waals surface area contributed by atoms with E-state index in [2.05, 4.69) is 5.32 Å². The molecule has 0 saturated heterocycles. The van der Waals surface area contributed by atoms with Crippen LogP contribution in [0, 0.1) is 13.8 Å². The smallest absolute Gasteiger partial charge is 0.224 e. The molecule has 0 fully saturated rings. The van der Waals surface area contributed by atoms with Crippen LogP contribution in [-0.4, -0.2) is 30.3 Å². The van der Waals surface area contributed by atoms with Gasteiger partial charge in [0, 0.05) is 6.54 Å². The highest BCUT2D eigenvalue weighted by Crippen LogP contribution is 2.12. The van der Waals surface area contributed by atoms with E-state index in [1.807, 2.05) is 62.4 Å². The number of amides is 1. The van der Waals surface area contributed by atoms with Gasteiger partial charge in [-0.3, -0.25) is 4.79 Å². The third kappa shape index (κ3) is 6.12. The molecule has 4 nitrogen and oxygen atoms in total. The molecule has 0 aliphatic rings. The first kappa shape index (κ1) is 17.0. The maximum Gasteiger partial charge on any atom is 0.224 e. The summed E-state index contributed by atoms with van der Waals surface area (Å²) >= 11 is 0. The number of aliphatic hydroxyl groups excluding tert-OH is 1. The van der Waals surface area contributed by atoms with Gasteiger partial charge in [-0.25, -0.2) is 0 Å². The average Bonchev–Trinajstić information content (AvgIpc) is 2.51. The van der Waals surface area contributed by atoms with Gasteiger partial charge in [0.2, 0.25) is 5.91 Å². The average molecular weight is 313 g/mol. The van der Waals surface area contributed by atoms with E-state index in [0.717, 1.165) is 22.4 Å². The summed E-state index contributed by atoms with van der Waals surface area (Å²) in [6.45, 7) is 4.30. The minimum Gasteiger partial charge on any atom is -0.491 e. The Bertz CT molecular complexity index is 655. The van der Waals surface area contributed by atoms with E-state index in [9.17, 15) is 9.90 Å². The van der Waals surface area contributed by atoms with Crippen LogP contribution in [0.1, 0.15) is 16.7 Å². The van der Waals surface area contributed by atoms with Crippen LogP contribution in [0.4, 0.5) is 0 Å². The molecule has 23 heavy (non-hydrogen) atoms. The van der Waals surface area contributed by atoms with Crippen molar-refractivity contribution in [1.29, 1.82) is 0 Å². The molecule has 1 atom stereocenters. The lowest BCUT2D eigenvalue weighted by Crippen LogP contribution is -2.36. The fourth-order valence-corrected chi connectivity index (χ4v) is 2.26. The summed E-state index contributed by atoms with van der Waals surface area (Å²) in [5.74, 6) is 0.611. The van der Waals surface area contributed by atoms with Crippen LogP contribution in [0.3, 0.4) is 0 Å². The van der Waals surface area contributed by atoms with Crippen molar-refractivity contribution in [3.8, 4) is 5.75 Å². The Hall–Kier alpha value is -2.33. The lowest BCUT2D eigenvalue weighted by molar-refractivity contribution is -0.121. The van der Waals surface area contributed by atoms with E-state index >= 15 is 0 Å². The second-order valence-electron chi connectivity index (χ2n) is 5.75. The minimum absolute atomic E-state index is 0.106. The van der Waals surface area contributed by atoms with Crippen molar-refractivity contribution in [2.24, 2.45) is 0 Å². The molecule has 0 heterocycles. The van der Waals surface area contributed by atoms with Gasteiger partial charge in [-0.1, -0.05) is 42.0 Å². The molecule has 0 radical (unpaired) electrons. The van der Waals surface area contributed by atoms with Crippen LogP contribution < -0.4 is 10.1 Å². The molecule has 1 amide bonds. The summed E-state index contributed by atoms with van der Waals surface area (Å²) in [5.41, 5.74) is 3.19. The lowest BCUT2D eigenvalue weighted by atomic mass is 10.1. The number of nitrogens with one attached hydrogen (secondary N) is 1. The van der Waals surface area contributed by atoms with Gasteiger partial charge in [-0.15, -0.1) is 0 Å². The number of aliphatic hydroxyl groups is 1. The molecule has 0 aliphatic heterocycles. The monoisotopic (exact) mass is 313 g/mol. The predicted octanol–water partition coefficient (Wildman–Crippen LogP) is 2.40.